The predicted octanol–water partition coefficient (Wildman–Crippen LogP) is 4.56. The Morgan fingerprint density at radius 3 is 2.83 bits per heavy atom. The molecule has 2 rings (SSSR count). The van der Waals surface area contributed by atoms with E-state index in [0.717, 1.165) is 16.0 Å². The van der Waals surface area contributed by atoms with Gasteiger partial charge >= 0.3 is 0 Å². The Kier molecular flexibility index (Phi) is 4.19. The number of halogens is 3. The lowest BCUT2D eigenvalue weighted by Crippen LogP contribution is -2.03. The highest BCUT2D eigenvalue weighted by molar-refractivity contribution is 9.10. The molecule has 0 aliphatic rings. The van der Waals surface area contributed by atoms with Crippen molar-refractivity contribution in [3.8, 4) is 0 Å². The van der Waals surface area contributed by atoms with E-state index in [1.165, 1.54) is 12.1 Å². The van der Waals surface area contributed by atoms with Crippen LogP contribution in [-0.2, 0) is 6.54 Å². The van der Waals surface area contributed by atoms with Crippen molar-refractivity contribution in [2.24, 2.45) is 0 Å². The highest BCUT2D eigenvalue weighted by Gasteiger charge is 2.03. The maximum atomic E-state index is 13.1. The Hall–Kier alpha value is -1.13. The molecule has 1 aromatic carbocycles. The third-order valence-electron chi connectivity index (χ3n) is 2.49. The topological polar surface area (TPSA) is 24.9 Å². The molecule has 0 saturated carbocycles. The largest absolute Gasteiger partial charge is 0.366 e. The van der Waals surface area contributed by atoms with Gasteiger partial charge in [-0.25, -0.2) is 9.37 Å². The Labute approximate surface area is 118 Å². The number of benzene rings is 1. The van der Waals surface area contributed by atoms with Crippen molar-refractivity contribution in [1.82, 2.24) is 4.98 Å². The lowest BCUT2D eigenvalue weighted by molar-refractivity contribution is 0.626. The average Bonchev–Trinajstić information content (AvgIpc) is 2.34. The molecule has 0 unspecified atom stereocenters. The molecule has 2 nitrogen and oxygen atoms in total. The first-order valence-corrected chi connectivity index (χ1v) is 6.54. The molecule has 1 heterocycles. The number of aryl methyl sites for hydroxylation is 1. The summed E-state index contributed by atoms with van der Waals surface area (Å²) in [5, 5.41) is 3.65. The number of anilines is 1. The zero-order valence-corrected chi connectivity index (χ0v) is 12.0. The Bertz CT molecular complexity index is 575. The summed E-state index contributed by atoms with van der Waals surface area (Å²) < 4.78 is 14.0. The second-order valence-corrected chi connectivity index (χ2v) is 5.11. The predicted molar refractivity (Wildman–Crippen MR) is 75.4 cm³/mol. The first-order chi connectivity index (χ1) is 8.56. The van der Waals surface area contributed by atoms with Crippen LogP contribution < -0.4 is 5.32 Å². The fraction of sp³-hybridized carbons (Fsp3) is 0.154. The summed E-state index contributed by atoms with van der Waals surface area (Å²) in [6.45, 7) is 2.34. The number of nitrogens with one attached hydrogen (secondary N) is 1. The maximum absolute atomic E-state index is 13.1. The minimum atomic E-state index is -0.295. The molecule has 0 bridgehead atoms. The average molecular weight is 330 g/mol. The molecular weight excluding hydrogens is 319 g/mol. The van der Waals surface area contributed by atoms with Crippen molar-refractivity contribution < 1.29 is 4.39 Å². The van der Waals surface area contributed by atoms with Gasteiger partial charge in [0.15, 0.2) is 0 Å². The van der Waals surface area contributed by atoms with Crippen LogP contribution in [0, 0.1) is 12.7 Å². The normalized spacial score (nSPS) is 10.4. The van der Waals surface area contributed by atoms with Gasteiger partial charge < -0.3 is 5.32 Å². The second kappa shape index (κ2) is 5.67. The molecule has 0 radical (unpaired) electrons. The van der Waals surface area contributed by atoms with Crippen molar-refractivity contribution in [2.75, 3.05) is 5.32 Å². The second-order valence-electron chi connectivity index (χ2n) is 3.85. The molecule has 1 aromatic heterocycles. The molecule has 94 valence electrons. The van der Waals surface area contributed by atoms with E-state index < -0.39 is 0 Å². The molecule has 1 N–H and O–H groups in total. The van der Waals surface area contributed by atoms with Crippen LogP contribution in [-0.4, -0.2) is 4.98 Å². The Morgan fingerprint density at radius 1 is 1.33 bits per heavy atom. The molecule has 18 heavy (non-hydrogen) atoms. The van der Waals surface area contributed by atoms with Gasteiger partial charge in [-0.15, -0.1) is 0 Å². The van der Waals surface area contributed by atoms with E-state index in [2.05, 4.69) is 26.2 Å². The monoisotopic (exact) mass is 328 g/mol. The number of nitrogens with zero attached hydrogens (tertiary/aromatic N) is 1. The van der Waals surface area contributed by atoms with Gasteiger partial charge in [-0.3, -0.25) is 0 Å². The van der Waals surface area contributed by atoms with Crippen LogP contribution in [0.3, 0.4) is 0 Å². The Morgan fingerprint density at radius 2 is 2.11 bits per heavy atom. The van der Waals surface area contributed by atoms with Gasteiger partial charge in [0.1, 0.15) is 11.6 Å². The van der Waals surface area contributed by atoms with Gasteiger partial charge in [-0.2, -0.15) is 0 Å². The van der Waals surface area contributed by atoms with Gasteiger partial charge in [0.25, 0.3) is 0 Å². The number of rotatable bonds is 3. The SMILES string of the molecule is Cc1nc(NCc2cc(F)ccc2Cl)ccc1Br. The summed E-state index contributed by atoms with van der Waals surface area (Å²) >= 11 is 9.37. The van der Waals surface area contributed by atoms with Crippen LogP contribution in [0.5, 0.6) is 0 Å². The van der Waals surface area contributed by atoms with Crippen molar-refractivity contribution >= 4 is 33.3 Å². The minimum absolute atomic E-state index is 0.295. The van der Waals surface area contributed by atoms with Gasteiger partial charge in [0.2, 0.25) is 0 Å². The summed E-state index contributed by atoms with van der Waals surface area (Å²) in [5.41, 5.74) is 1.60. The molecule has 0 saturated heterocycles. The molecule has 0 fully saturated rings. The molecule has 5 heteroatoms. The third-order valence-corrected chi connectivity index (χ3v) is 3.70. The summed E-state index contributed by atoms with van der Waals surface area (Å²) in [4.78, 5) is 4.35. The fourth-order valence-corrected chi connectivity index (χ4v) is 1.91. The molecule has 0 amide bonds. The van der Waals surface area contributed by atoms with Crippen LogP contribution >= 0.6 is 27.5 Å². The number of aromatic nitrogens is 1. The van der Waals surface area contributed by atoms with Gasteiger partial charge in [-0.1, -0.05) is 11.6 Å². The molecule has 0 aliphatic carbocycles. The van der Waals surface area contributed by atoms with Crippen LogP contribution in [0.2, 0.25) is 5.02 Å². The first-order valence-electron chi connectivity index (χ1n) is 5.37. The van der Waals surface area contributed by atoms with E-state index in [-0.39, 0.29) is 5.82 Å². The minimum Gasteiger partial charge on any atom is -0.366 e. The highest BCUT2D eigenvalue weighted by Crippen LogP contribution is 2.20. The van der Waals surface area contributed by atoms with Crippen molar-refractivity contribution in [3.05, 3.63) is 56.9 Å². The molecule has 0 aliphatic heterocycles. The lowest BCUT2D eigenvalue weighted by atomic mass is 10.2. The number of pyridine rings is 1. The van der Waals surface area contributed by atoms with E-state index in [4.69, 9.17) is 11.6 Å². The smallest absolute Gasteiger partial charge is 0.126 e. The Balaban J connectivity index is 2.11. The van der Waals surface area contributed by atoms with Crippen molar-refractivity contribution in [3.63, 3.8) is 0 Å². The zero-order valence-electron chi connectivity index (χ0n) is 9.67. The van der Waals surface area contributed by atoms with Crippen molar-refractivity contribution in [1.29, 1.82) is 0 Å². The summed E-state index contributed by atoms with van der Waals surface area (Å²) in [7, 11) is 0. The number of hydrogen-bond donors (Lipinski definition) is 1. The molecule has 2 aromatic rings. The van der Waals surface area contributed by atoms with E-state index >= 15 is 0 Å². The van der Waals surface area contributed by atoms with Crippen LogP contribution in [0.1, 0.15) is 11.3 Å². The molecule has 0 atom stereocenters. The van der Waals surface area contributed by atoms with Crippen molar-refractivity contribution in [2.45, 2.75) is 13.5 Å². The molecular formula is C13H11BrClFN2. The van der Waals surface area contributed by atoms with Crippen LogP contribution in [0.25, 0.3) is 0 Å². The van der Waals surface area contributed by atoms with Crippen LogP contribution in [0.4, 0.5) is 10.2 Å². The number of hydrogen-bond acceptors (Lipinski definition) is 2. The van der Waals surface area contributed by atoms with E-state index in [9.17, 15) is 4.39 Å². The van der Waals surface area contributed by atoms with Crippen LogP contribution in [0.15, 0.2) is 34.8 Å². The van der Waals surface area contributed by atoms with E-state index in [1.807, 2.05) is 19.1 Å². The first kappa shape index (κ1) is 13.3. The summed E-state index contributed by atoms with van der Waals surface area (Å²) in [6, 6.07) is 8.07. The standard InChI is InChI=1S/C13H11BrClFN2/c1-8-11(14)3-5-13(18-8)17-7-9-6-10(16)2-4-12(9)15/h2-6H,7H2,1H3,(H,17,18). The van der Waals surface area contributed by atoms with E-state index in [0.29, 0.717) is 17.1 Å². The maximum Gasteiger partial charge on any atom is 0.126 e. The molecule has 0 spiro atoms. The van der Waals surface area contributed by atoms with Gasteiger partial charge in [-0.05, 0) is 58.7 Å². The van der Waals surface area contributed by atoms with E-state index in [1.54, 1.807) is 6.07 Å². The summed E-state index contributed by atoms with van der Waals surface area (Å²) in [6.07, 6.45) is 0. The third kappa shape index (κ3) is 3.21. The fourth-order valence-electron chi connectivity index (χ4n) is 1.51. The zero-order chi connectivity index (χ0) is 13.1. The highest BCUT2D eigenvalue weighted by atomic mass is 79.9. The summed E-state index contributed by atoms with van der Waals surface area (Å²) in [5.74, 6) is 0.437. The quantitative estimate of drug-likeness (QED) is 0.893. The lowest BCUT2D eigenvalue weighted by Gasteiger charge is -2.08. The van der Waals surface area contributed by atoms with Gasteiger partial charge in [0.05, 0.1) is 5.69 Å². The van der Waals surface area contributed by atoms with Gasteiger partial charge in [0, 0.05) is 16.0 Å².